The molecule has 4 nitrogen and oxygen atoms in total. The summed E-state index contributed by atoms with van der Waals surface area (Å²) < 4.78 is 0. The van der Waals surface area contributed by atoms with Gasteiger partial charge in [-0.1, -0.05) is 59.6 Å². The van der Waals surface area contributed by atoms with Gasteiger partial charge in [0.25, 0.3) is 5.91 Å². The van der Waals surface area contributed by atoms with Crippen molar-refractivity contribution in [3.8, 4) is 0 Å². The van der Waals surface area contributed by atoms with Crippen LogP contribution in [-0.2, 0) is 0 Å². The van der Waals surface area contributed by atoms with Gasteiger partial charge in [-0.25, -0.2) is 0 Å². The SMILES string of the molecule is Nc1ccccc1NC(=O)c1ccc(C(=O)C=Cc2ccc(Cl)c(Cl)c2)cc1. The minimum atomic E-state index is -0.303. The van der Waals surface area contributed by atoms with Crippen molar-refractivity contribution in [2.45, 2.75) is 0 Å². The van der Waals surface area contributed by atoms with Crippen molar-refractivity contribution in [2.24, 2.45) is 0 Å². The zero-order valence-corrected chi connectivity index (χ0v) is 16.2. The predicted molar refractivity (Wildman–Crippen MR) is 115 cm³/mol. The smallest absolute Gasteiger partial charge is 0.255 e. The monoisotopic (exact) mass is 410 g/mol. The lowest BCUT2D eigenvalue weighted by Gasteiger charge is -2.08. The summed E-state index contributed by atoms with van der Waals surface area (Å²) in [6.45, 7) is 0. The second kappa shape index (κ2) is 8.74. The minimum absolute atomic E-state index is 0.190. The maximum absolute atomic E-state index is 12.3. The van der Waals surface area contributed by atoms with Crippen molar-refractivity contribution in [2.75, 3.05) is 11.1 Å². The Balaban J connectivity index is 1.68. The van der Waals surface area contributed by atoms with E-state index in [2.05, 4.69) is 5.32 Å². The van der Waals surface area contributed by atoms with Crippen LogP contribution in [0.25, 0.3) is 6.08 Å². The lowest BCUT2D eigenvalue weighted by atomic mass is 10.1. The molecule has 0 fully saturated rings. The van der Waals surface area contributed by atoms with Crippen LogP contribution in [0.4, 0.5) is 11.4 Å². The molecule has 3 aromatic rings. The molecule has 3 aromatic carbocycles. The number of nitrogens with one attached hydrogen (secondary N) is 1. The fourth-order valence-corrected chi connectivity index (χ4v) is 2.78. The Morgan fingerprint density at radius 2 is 1.54 bits per heavy atom. The van der Waals surface area contributed by atoms with Crippen LogP contribution in [0.15, 0.2) is 72.8 Å². The van der Waals surface area contributed by atoms with Crippen molar-refractivity contribution < 1.29 is 9.59 Å². The number of rotatable bonds is 5. The number of halogens is 2. The topological polar surface area (TPSA) is 72.2 Å². The molecule has 0 spiro atoms. The Morgan fingerprint density at radius 3 is 2.21 bits per heavy atom. The third kappa shape index (κ3) is 4.80. The standard InChI is InChI=1S/C22H16Cl2N2O2/c23-17-11-5-14(13-18(17)24)6-12-21(27)15-7-9-16(10-8-15)22(28)26-20-4-2-1-3-19(20)25/h1-13H,25H2,(H,26,28). The molecule has 0 heterocycles. The highest BCUT2D eigenvalue weighted by atomic mass is 35.5. The van der Waals surface area contributed by atoms with Gasteiger partial charge in [0.15, 0.2) is 5.78 Å². The van der Waals surface area contributed by atoms with Crippen LogP contribution >= 0.6 is 23.2 Å². The number of amides is 1. The molecule has 0 radical (unpaired) electrons. The Bertz CT molecular complexity index is 1060. The highest BCUT2D eigenvalue weighted by molar-refractivity contribution is 6.42. The van der Waals surface area contributed by atoms with Gasteiger partial charge in [0.2, 0.25) is 0 Å². The number of anilines is 2. The number of nitrogen functional groups attached to an aromatic ring is 1. The average Bonchev–Trinajstić information content (AvgIpc) is 2.70. The van der Waals surface area contributed by atoms with Gasteiger partial charge in [0, 0.05) is 11.1 Å². The van der Waals surface area contributed by atoms with Crippen molar-refractivity contribution in [1.29, 1.82) is 0 Å². The molecule has 0 aliphatic carbocycles. The zero-order chi connectivity index (χ0) is 20.1. The fourth-order valence-electron chi connectivity index (χ4n) is 2.48. The van der Waals surface area contributed by atoms with Gasteiger partial charge in [-0.2, -0.15) is 0 Å². The van der Waals surface area contributed by atoms with Crippen LogP contribution in [-0.4, -0.2) is 11.7 Å². The number of hydrogen-bond donors (Lipinski definition) is 2. The summed E-state index contributed by atoms with van der Waals surface area (Å²) in [6, 6.07) is 18.5. The van der Waals surface area contributed by atoms with Gasteiger partial charge < -0.3 is 11.1 Å². The van der Waals surface area contributed by atoms with Crippen LogP contribution in [0.1, 0.15) is 26.3 Å². The van der Waals surface area contributed by atoms with Gasteiger partial charge >= 0.3 is 0 Å². The quantitative estimate of drug-likeness (QED) is 0.320. The van der Waals surface area contributed by atoms with Gasteiger partial charge in [0.1, 0.15) is 0 Å². The van der Waals surface area contributed by atoms with E-state index in [0.29, 0.717) is 32.5 Å². The van der Waals surface area contributed by atoms with E-state index in [1.165, 1.54) is 6.08 Å². The Morgan fingerprint density at radius 1 is 0.857 bits per heavy atom. The summed E-state index contributed by atoms with van der Waals surface area (Å²) >= 11 is 11.8. The maximum atomic E-state index is 12.3. The molecule has 0 saturated carbocycles. The summed E-state index contributed by atoms with van der Waals surface area (Å²) in [6.07, 6.45) is 3.10. The van der Waals surface area contributed by atoms with E-state index in [9.17, 15) is 9.59 Å². The first-order valence-corrected chi connectivity index (χ1v) is 9.13. The molecule has 1 amide bonds. The van der Waals surface area contributed by atoms with Gasteiger partial charge in [0.05, 0.1) is 21.4 Å². The lowest BCUT2D eigenvalue weighted by molar-refractivity contribution is 0.102. The van der Waals surface area contributed by atoms with E-state index in [0.717, 1.165) is 5.56 Å². The number of carbonyl (C=O) groups is 2. The number of ketones is 1. The normalized spacial score (nSPS) is 10.8. The second-order valence-corrected chi connectivity index (χ2v) is 6.80. The molecule has 3 N–H and O–H groups in total. The summed E-state index contributed by atoms with van der Waals surface area (Å²) in [5.74, 6) is -0.492. The van der Waals surface area contributed by atoms with Crippen molar-refractivity contribution >= 4 is 52.3 Å². The molecule has 0 unspecified atom stereocenters. The number of para-hydroxylation sites is 2. The number of nitrogens with two attached hydrogens (primary N) is 1. The van der Waals surface area contributed by atoms with Crippen molar-refractivity contribution in [1.82, 2.24) is 0 Å². The van der Waals surface area contributed by atoms with E-state index in [1.54, 1.807) is 72.8 Å². The molecular formula is C22H16Cl2N2O2. The molecule has 0 bridgehead atoms. The number of carbonyl (C=O) groups excluding carboxylic acids is 2. The Kier molecular flexibility index (Phi) is 6.14. The fraction of sp³-hybridized carbons (Fsp3) is 0. The van der Waals surface area contributed by atoms with Gasteiger partial charge in [-0.05, 0) is 48.0 Å². The molecule has 0 aliphatic rings. The van der Waals surface area contributed by atoms with Crippen LogP contribution in [0.3, 0.4) is 0 Å². The predicted octanol–water partition coefficient (Wildman–Crippen LogP) is 5.72. The van der Waals surface area contributed by atoms with E-state index >= 15 is 0 Å². The number of allylic oxidation sites excluding steroid dienone is 1. The van der Waals surface area contributed by atoms with E-state index in [4.69, 9.17) is 28.9 Å². The molecule has 28 heavy (non-hydrogen) atoms. The second-order valence-electron chi connectivity index (χ2n) is 5.99. The molecule has 0 aromatic heterocycles. The third-order valence-electron chi connectivity index (χ3n) is 4.01. The summed E-state index contributed by atoms with van der Waals surface area (Å²) in [5.41, 5.74) is 8.50. The summed E-state index contributed by atoms with van der Waals surface area (Å²) in [7, 11) is 0. The molecule has 6 heteroatoms. The molecule has 0 aliphatic heterocycles. The van der Waals surface area contributed by atoms with Crippen LogP contribution in [0, 0.1) is 0 Å². The molecule has 140 valence electrons. The van der Waals surface area contributed by atoms with E-state index in [-0.39, 0.29) is 11.7 Å². The number of hydrogen-bond acceptors (Lipinski definition) is 3. The first-order valence-electron chi connectivity index (χ1n) is 8.37. The van der Waals surface area contributed by atoms with E-state index in [1.807, 2.05) is 0 Å². The minimum Gasteiger partial charge on any atom is -0.397 e. The molecule has 0 saturated heterocycles. The average molecular weight is 411 g/mol. The van der Waals surface area contributed by atoms with Crippen molar-refractivity contribution in [3.05, 3.63) is 99.5 Å². The highest BCUT2D eigenvalue weighted by Gasteiger charge is 2.09. The largest absolute Gasteiger partial charge is 0.397 e. The molecule has 3 rings (SSSR count). The van der Waals surface area contributed by atoms with Crippen LogP contribution < -0.4 is 11.1 Å². The van der Waals surface area contributed by atoms with Crippen molar-refractivity contribution in [3.63, 3.8) is 0 Å². The first kappa shape index (κ1) is 19.7. The Hall–Kier alpha value is -3.08. The maximum Gasteiger partial charge on any atom is 0.255 e. The zero-order valence-electron chi connectivity index (χ0n) is 14.7. The summed E-state index contributed by atoms with van der Waals surface area (Å²) in [4.78, 5) is 24.7. The molecular weight excluding hydrogens is 395 g/mol. The van der Waals surface area contributed by atoms with E-state index < -0.39 is 0 Å². The Labute approximate surface area is 172 Å². The van der Waals surface area contributed by atoms with Crippen LogP contribution in [0.2, 0.25) is 10.0 Å². The van der Waals surface area contributed by atoms with Gasteiger partial charge in [-0.15, -0.1) is 0 Å². The lowest BCUT2D eigenvalue weighted by Crippen LogP contribution is -2.13. The van der Waals surface area contributed by atoms with Gasteiger partial charge in [-0.3, -0.25) is 9.59 Å². The summed E-state index contributed by atoms with van der Waals surface area (Å²) in [5, 5.41) is 3.62. The van der Waals surface area contributed by atoms with Crippen LogP contribution in [0.5, 0.6) is 0 Å². The third-order valence-corrected chi connectivity index (χ3v) is 4.75. The molecule has 0 atom stereocenters. The first-order chi connectivity index (χ1) is 13.4. The number of benzene rings is 3. The highest BCUT2D eigenvalue weighted by Crippen LogP contribution is 2.23.